The van der Waals surface area contributed by atoms with Crippen LogP contribution in [0.3, 0.4) is 0 Å². The average molecular weight is 424 g/mol. The number of carbonyl (C=O) groups excluding carboxylic acids is 2. The highest BCUT2D eigenvalue weighted by Crippen LogP contribution is 2.41. The number of esters is 1. The van der Waals surface area contributed by atoms with Gasteiger partial charge in [-0.15, -0.1) is 0 Å². The van der Waals surface area contributed by atoms with Crippen molar-refractivity contribution in [1.29, 1.82) is 0 Å². The first kappa shape index (κ1) is 21.6. The van der Waals surface area contributed by atoms with Gasteiger partial charge in [0, 0.05) is 37.3 Å². The molecule has 166 valence electrons. The van der Waals surface area contributed by atoms with Crippen molar-refractivity contribution >= 4 is 11.9 Å². The summed E-state index contributed by atoms with van der Waals surface area (Å²) in [6.07, 6.45) is 3.42. The fourth-order valence-corrected chi connectivity index (χ4v) is 4.91. The molecule has 3 atom stereocenters. The van der Waals surface area contributed by atoms with Crippen LogP contribution in [0, 0.1) is 31.6 Å². The summed E-state index contributed by atoms with van der Waals surface area (Å²) in [4.78, 5) is 27.8. The fourth-order valence-electron chi connectivity index (χ4n) is 4.91. The van der Waals surface area contributed by atoms with Crippen molar-refractivity contribution in [2.45, 2.75) is 53.0 Å². The van der Waals surface area contributed by atoms with E-state index in [0.717, 1.165) is 42.6 Å². The summed E-state index contributed by atoms with van der Waals surface area (Å²) in [5.74, 6) is 0.188. The largest absolute Gasteiger partial charge is 0.466 e. The molecular weight excluding hydrogens is 390 g/mol. The van der Waals surface area contributed by atoms with E-state index in [-0.39, 0.29) is 29.6 Å². The predicted octanol–water partition coefficient (Wildman–Crippen LogP) is 3.37. The highest BCUT2D eigenvalue weighted by molar-refractivity contribution is 5.80. The molecule has 0 unspecified atom stereocenters. The second-order valence-electron chi connectivity index (χ2n) is 9.05. The van der Waals surface area contributed by atoms with Crippen LogP contribution in [0.1, 0.15) is 47.8 Å². The van der Waals surface area contributed by atoms with E-state index in [1.807, 2.05) is 37.4 Å². The minimum atomic E-state index is -0.125. The normalized spacial score (nSPS) is 22.0. The van der Waals surface area contributed by atoms with E-state index in [1.54, 1.807) is 0 Å². The van der Waals surface area contributed by atoms with Gasteiger partial charge < -0.3 is 9.64 Å². The smallest absolute Gasteiger partial charge is 0.309 e. The Morgan fingerprint density at radius 1 is 1.23 bits per heavy atom. The minimum absolute atomic E-state index is 0.00743. The Morgan fingerprint density at radius 3 is 2.65 bits per heavy atom. The first-order valence-electron chi connectivity index (χ1n) is 11.4. The summed E-state index contributed by atoms with van der Waals surface area (Å²) in [5.41, 5.74) is 5.81. The van der Waals surface area contributed by atoms with Crippen LogP contribution in [0.5, 0.6) is 0 Å². The van der Waals surface area contributed by atoms with Gasteiger partial charge >= 0.3 is 5.97 Å². The molecule has 1 aromatic carbocycles. The Hall–Kier alpha value is -2.63. The Kier molecular flexibility index (Phi) is 6.17. The summed E-state index contributed by atoms with van der Waals surface area (Å²) in [7, 11) is 1.94. The monoisotopic (exact) mass is 423 g/mol. The number of carbonyl (C=O) groups is 2. The van der Waals surface area contributed by atoms with Crippen LogP contribution in [0.4, 0.5) is 0 Å². The molecule has 0 N–H and O–H groups in total. The summed E-state index contributed by atoms with van der Waals surface area (Å²) in [5, 5.41) is 4.53. The lowest BCUT2D eigenvalue weighted by Crippen LogP contribution is -2.39. The molecule has 0 radical (unpaired) electrons. The molecule has 1 aromatic heterocycles. The number of aryl methyl sites for hydroxylation is 3. The van der Waals surface area contributed by atoms with Gasteiger partial charge in [-0.1, -0.05) is 24.3 Å². The molecule has 31 heavy (non-hydrogen) atoms. The number of nitrogens with zero attached hydrogens (tertiary/aromatic N) is 3. The third kappa shape index (κ3) is 4.53. The quantitative estimate of drug-likeness (QED) is 0.641. The van der Waals surface area contributed by atoms with Gasteiger partial charge in [-0.25, -0.2) is 0 Å². The maximum atomic E-state index is 13.7. The van der Waals surface area contributed by atoms with Gasteiger partial charge in [-0.05, 0) is 63.5 Å². The predicted molar refractivity (Wildman–Crippen MR) is 118 cm³/mol. The van der Waals surface area contributed by atoms with Gasteiger partial charge in [-0.3, -0.25) is 14.3 Å². The Balaban J connectivity index is 1.52. The Labute approximate surface area is 184 Å². The van der Waals surface area contributed by atoms with Crippen molar-refractivity contribution in [2.75, 3.05) is 13.2 Å². The summed E-state index contributed by atoms with van der Waals surface area (Å²) < 4.78 is 7.08. The summed E-state index contributed by atoms with van der Waals surface area (Å²) in [6.45, 7) is 7.44. The molecule has 0 spiro atoms. The number of aromatic nitrogens is 2. The van der Waals surface area contributed by atoms with Crippen LogP contribution in [-0.2, 0) is 40.8 Å². The fraction of sp³-hybridized carbons (Fsp3) is 0.560. The maximum Gasteiger partial charge on any atom is 0.309 e. The molecule has 4 rings (SSSR count). The van der Waals surface area contributed by atoms with Crippen LogP contribution in [0.2, 0.25) is 0 Å². The number of ether oxygens (including phenoxy) is 1. The zero-order chi connectivity index (χ0) is 22.1. The summed E-state index contributed by atoms with van der Waals surface area (Å²) >= 11 is 0. The van der Waals surface area contributed by atoms with E-state index in [2.05, 4.69) is 29.4 Å². The van der Waals surface area contributed by atoms with Gasteiger partial charge in [0.05, 0.1) is 18.2 Å². The van der Waals surface area contributed by atoms with Crippen molar-refractivity contribution in [1.82, 2.24) is 14.7 Å². The molecule has 1 amide bonds. The molecule has 1 fully saturated rings. The molecule has 0 saturated heterocycles. The zero-order valence-corrected chi connectivity index (χ0v) is 19.1. The number of benzene rings is 1. The molecule has 2 aromatic rings. The first-order chi connectivity index (χ1) is 14.9. The van der Waals surface area contributed by atoms with Gasteiger partial charge in [0.2, 0.25) is 5.91 Å². The van der Waals surface area contributed by atoms with Gasteiger partial charge in [-0.2, -0.15) is 5.10 Å². The molecule has 0 aliphatic heterocycles. The number of fused-ring (bicyclic) bond motifs is 1. The summed E-state index contributed by atoms with van der Waals surface area (Å²) in [6, 6.07) is 8.44. The van der Waals surface area contributed by atoms with Gasteiger partial charge in [0.15, 0.2) is 0 Å². The van der Waals surface area contributed by atoms with E-state index in [4.69, 9.17) is 4.74 Å². The highest BCUT2D eigenvalue weighted by atomic mass is 16.5. The Bertz CT molecular complexity index is 980. The lowest BCUT2D eigenvalue weighted by molar-refractivity contribution is -0.145. The maximum absolute atomic E-state index is 13.7. The molecule has 2 aliphatic rings. The van der Waals surface area contributed by atoms with Crippen molar-refractivity contribution in [3.63, 3.8) is 0 Å². The van der Waals surface area contributed by atoms with Crippen molar-refractivity contribution in [3.8, 4) is 0 Å². The van der Waals surface area contributed by atoms with Crippen LogP contribution in [0.25, 0.3) is 0 Å². The highest BCUT2D eigenvalue weighted by Gasteiger charge is 2.46. The SMILES string of the molecule is CCOC(=O)[C@H]1C[C@@H]1CN(Cc1c(C)nn(C)c1C)C(=O)[C@@H]1CCc2ccccc2C1. The number of hydrogen-bond donors (Lipinski definition) is 0. The molecule has 2 aliphatic carbocycles. The van der Waals surface area contributed by atoms with Crippen molar-refractivity contribution in [3.05, 3.63) is 52.3 Å². The van der Waals surface area contributed by atoms with Gasteiger partial charge in [0.25, 0.3) is 0 Å². The van der Waals surface area contributed by atoms with E-state index in [0.29, 0.717) is 19.7 Å². The standard InChI is InChI=1S/C25H33N3O3/c1-5-31-25(30)22-13-21(22)14-28(15-23-16(2)26-27(4)17(23)3)24(29)20-11-10-18-8-6-7-9-19(18)12-20/h6-9,20-22H,5,10-15H2,1-4H3/t20-,21-,22+/m1/s1. The molecule has 1 heterocycles. The number of amides is 1. The molecule has 0 bridgehead atoms. The lowest BCUT2D eigenvalue weighted by Gasteiger charge is -2.31. The molecule has 1 saturated carbocycles. The second-order valence-corrected chi connectivity index (χ2v) is 9.05. The second kappa shape index (κ2) is 8.85. The van der Waals surface area contributed by atoms with Crippen molar-refractivity contribution < 1.29 is 14.3 Å². The van der Waals surface area contributed by atoms with E-state index < -0.39 is 0 Å². The van der Waals surface area contributed by atoms with Gasteiger partial charge in [0.1, 0.15) is 0 Å². The average Bonchev–Trinajstić information content (AvgIpc) is 3.49. The molecular formula is C25H33N3O3. The molecule has 6 heteroatoms. The Morgan fingerprint density at radius 2 is 1.97 bits per heavy atom. The first-order valence-corrected chi connectivity index (χ1v) is 11.4. The van der Waals surface area contributed by atoms with E-state index in [1.165, 1.54) is 11.1 Å². The van der Waals surface area contributed by atoms with E-state index >= 15 is 0 Å². The lowest BCUT2D eigenvalue weighted by atomic mass is 9.83. The van der Waals surface area contributed by atoms with Crippen molar-refractivity contribution in [2.24, 2.45) is 24.8 Å². The number of rotatable bonds is 7. The van der Waals surface area contributed by atoms with Crippen LogP contribution in [0.15, 0.2) is 24.3 Å². The topological polar surface area (TPSA) is 64.4 Å². The minimum Gasteiger partial charge on any atom is -0.466 e. The van der Waals surface area contributed by atoms with Crippen LogP contribution in [-0.4, -0.2) is 39.7 Å². The third-order valence-electron chi connectivity index (χ3n) is 6.98. The zero-order valence-electron chi connectivity index (χ0n) is 19.1. The molecule has 6 nitrogen and oxygen atoms in total. The van der Waals surface area contributed by atoms with Crippen LogP contribution < -0.4 is 0 Å². The number of hydrogen-bond acceptors (Lipinski definition) is 4. The third-order valence-corrected chi connectivity index (χ3v) is 6.98. The van der Waals surface area contributed by atoms with E-state index in [9.17, 15) is 9.59 Å². The van der Waals surface area contributed by atoms with Crippen LogP contribution >= 0.6 is 0 Å².